The summed E-state index contributed by atoms with van der Waals surface area (Å²) in [6.07, 6.45) is 5.44. The first kappa shape index (κ1) is 23.6. The molecule has 0 fully saturated rings. The minimum absolute atomic E-state index is 0. The van der Waals surface area contributed by atoms with Crippen LogP contribution >= 0.6 is 0 Å². The van der Waals surface area contributed by atoms with Crippen LogP contribution < -0.4 is 61.2 Å². The maximum atomic E-state index is 12.5. The van der Waals surface area contributed by atoms with Crippen LogP contribution in [0.25, 0.3) is 0 Å². The third kappa shape index (κ3) is 6.96. The topological polar surface area (TPSA) is 86.7 Å². The molecule has 0 aliphatic rings. The summed E-state index contributed by atoms with van der Waals surface area (Å²) in [5, 5.41) is 12.5. The quantitative estimate of drug-likeness (QED) is 0.388. The molecule has 0 aromatic heterocycles. The fourth-order valence-corrected chi connectivity index (χ4v) is 3.24. The summed E-state index contributed by atoms with van der Waals surface area (Å²) < 4.78 is 37.8. The van der Waals surface area contributed by atoms with E-state index in [1.165, 1.54) is 6.07 Å². The second kappa shape index (κ2) is 11.4. The maximum absolute atomic E-state index is 12.5. The summed E-state index contributed by atoms with van der Waals surface area (Å²) in [5.74, 6) is 0.208. The fourth-order valence-electron chi connectivity index (χ4n) is 2.64. The molecular weight excluding hydrogens is 379 g/mol. The standard InChI is InChI=1S/C19H24O5S.K/c1-2-3-4-5-9-12-16-17(24-15-10-7-6-8-11-15)13-14-18(19(16)20)25(21,22)23;/h6-8,10-11,13-14,20H,2-5,9,12H2,1H3,(H,21,22,23);/q;+1/p-1. The number of hydrogen-bond donors (Lipinski definition) is 1. The Balaban J connectivity index is 0.00000338. The van der Waals surface area contributed by atoms with Gasteiger partial charge in [-0.2, -0.15) is 8.42 Å². The second-order valence-corrected chi connectivity index (χ2v) is 7.31. The van der Waals surface area contributed by atoms with E-state index in [2.05, 4.69) is 6.92 Å². The molecule has 7 heteroatoms. The van der Waals surface area contributed by atoms with Gasteiger partial charge in [0.15, 0.2) is 0 Å². The van der Waals surface area contributed by atoms with E-state index in [4.69, 9.17) is 4.74 Å². The molecule has 0 aliphatic heterocycles. The van der Waals surface area contributed by atoms with E-state index in [1.807, 2.05) is 18.2 Å². The van der Waals surface area contributed by atoms with Gasteiger partial charge in [-0.3, -0.25) is 4.55 Å². The molecule has 0 aliphatic carbocycles. The van der Waals surface area contributed by atoms with Gasteiger partial charge in [-0.1, -0.05) is 56.6 Å². The molecule has 1 N–H and O–H groups in total. The van der Waals surface area contributed by atoms with E-state index < -0.39 is 20.8 Å². The van der Waals surface area contributed by atoms with Gasteiger partial charge in [0.1, 0.15) is 11.5 Å². The maximum Gasteiger partial charge on any atom is 1.00 e. The molecule has 5 nitrogen and oxygen atoms in total. The molecule has 2 aromatic carbocycles. The zero-order chi connectivity index (χ0) is 18.3. The molecule has 26 heavy (non-hydrogen) atoms. The summed E-state index contributed by atoms with van der Waals surface area (Å²) in [5.41, 5.74) is 0.287. The van der Waals surface area contributed by atoms with Gasteiger partial charge in [0.05, 0.1) is 4.90 Å². The van der Waals surface area contributed by atoms with Crippen molar-refractivity contribution in [3.05, 3.63) is 48.0 Å². The van der Waals surface area contributed by atoms with Gasteiger partial charge in [-0.25, -0.2) is 0 Å². The largest absolute Gasteiger partial charge is 1.00 e. The fraction of sp³-hybridized carbons (Fsp3) is 0.368. The number of hydrogen-bond acceptors (Lipinski definition) is 4. The number of para-hydroxylation sites is 1. The van der Waals surface area contributed by atoms with Crippen molar-refractivity contribution in [3.8, 4) is 17.2 Å². The molecule has 0 heterocycles. The van der Waals surface area contributed by atoms with Crippen LogP contribution in [0.15, 0.2) is 47.4 Å². The van der Waals surface area contributed by atoms with Crippen LogP contribution in [0.4, 0.5) is 0 Å². The van der Waals surface area contributed by atoms with Gasteiger partial charge in [0.2, 0.25) is 0 Å². The van der Waals surface area contributed by atoms with Gasteiger partial charge in [-0.15, -0.1) is 0 Å². The van der Waals surface area contributed by atoms with Gasteiger partial charge >= 0.3 is 51.4 Å². The van der Waals surface area contributed by atoms with E-state index in [9.17, 15) is 18.1 Å². The zero-order valence-corrected chi connectivity index (χ0v) is 19.2. The summed E-state index contributed by atoms with van der Waals surface area (Å²) in [6, 6.07) is 11.5. The second-order valence-electron chi connectivity index (χ2n) is 5.92. The van der Waals surface area contributed by atoms with Crippen LogP contribution in [0.5, 0.6) is 17.2 Å². The zero-order valence-electron chi connectivity index (χ0n) is 15.3. The molecule has 2 rings (SSSR count). The summed E-state index contributed by atoms with van der Waals surface area (Å²) in [4.78, 5) is -0.600. The molecular formula is C19H23KO5S. The predicted octanol–water partition coefficient (Wildman–Crippen LogP) is 1.32. The van der Waals surface area contributed by atoms with Crippen molar-refractivity contribution in [2.24, 2.45) is 0 Å². The van der Waals surface area contributed by atoms with Crippen molar-refractivity contribution in [3.63, 3.8) is 0 Å². The van der Waals surface area contributed by atoms with E-state index in [1.54, 1.807) is 12.1 Å². The summed E-state index contributed by atoms with van der Waals surface area (Å²) in [7, 11) is -4.55. The van der Waals surface area contributed by atoms with Gasteiger partial charge in [0, 0.05) is 0 Å². The van der Waals surface area contributed by atoms with Crippen molar-refractivity contribution in [2.75, 3.05) is 0 Å². The van der Waals surface area contributed by atoms with Gasteiger partial charge in [-0.05, 0) is 42.7 Å². The molecule has 0 amide bonds. The van der Waals surface area contributed by atoms with Crippen molar-refractivity contribution in [1.82, 2.24) is 0 Å². The average molecular weight is 403 g/mol. The SMILES string of the molecule is CCCCCCCc1c(Oc2ccccc2)ccc(S(=O)(=O)O)c1[O-].[K+]. The summed E-state index contributed by atoms with van der Waals surface area (Å²) in [6.45, 7) is 2.12. The number of ether oxygens (including phenoxy) is 1. The minimum Gasteiger partial charge on any atom is -0.871 e. The molecule has 0 spiro atoms. The Morgan fingerprint density at radius 1 is 1.00 bits per heavy atom. The monoisotopic (exact) mass is 402 g/mol. The molecule has 0 unspecified atom stereocenters. The Labute approximate surface area is 198 Å². The molecule has 0 atom stereocenters. The van der Waals surface area contributed by atoms with E-state index in [0.29, 0.717) is 17.9 Å². The van der Waals surface area contributed by atoms with E-state index in [0.717, 1.165) is 38.2 Å². The predicted molar refractivity (Wildman–Crippen MR) is 94.7 cm³/mol. The summed E-state index contributed by atoms with van der Waals surface area (Å²) >= 11 is 0. The van der Waals surface area contributed by atoms with Crippen molar-refractivity contribution in [1.29, 1.82) is 0 Å². The Kier molecular flexibility index (Phi) is 10.4. The van der Waals surface area contributed by atoms with Gasteiger partial charge < -0.3 is 9.84 Å². The van der Waals surface area contributed by atoms with Crippen molar-refractivity contribution in [2.45, 2.75) is 50.3 Å². The number of unbranched alkanes of at least 4 members (excludes halogenated alkanes) is 4. The van der Waals surface area contributed by atoms with Crippen LogP contribution in [0, 0.1) is 0 Å². The molecule has 2 aromatic rings. The van der Waals surface area contributed by atoms with Crippen LogP contribution in [0.1, 0.15) is 44.6 Å². The van der Waals surface area contributed by atoms with E-state index >= 15 is 0 Å². The smallest absolute Gasteiger partial charge is 0.871 e. The first-order valence-electron chi connectivity index (χ1n) is 8.46. The third-order valence-electron chi connectivity index (χ3n) is 3.96. The Hall–Kier alpha value is -0.414. The molecule has 0 saturated heterocycles. The minimum atomic E-state index is -4.55. The molecule has 0 radical (unpaired) electrons. The average Bonchev–Trinajstić information content (AvgIpc) is 2.56. The van der Waals surface area contributed by atoms with Crippen molar-refractivity contribution < 1.29 is 74.2 Å². The Bertz CT molecular complexity index is 791. The molecule has 0 bridgehead atoms. The van der Waals surface area contributed by atoms with Crippen molar-refractivity contribution >= 4 is 10.1 Å². The van der Waals surface area contributed by atoms with Crippen LogP contribution in [0.2, 0.25) is 0 Å². The van der Waals surface area contributed by atoms with E-state index in [-0.39, 0.29) is 56.9 Å². The number of rotatable bonds is 9. The number of benzene rings is 2. The van der Waals surface area contributed by atoms with Crippen LogP contribution in [-0.4, -0.2) is 13.0 Å². The Morgan fingerprint density at radius 2 is 1.65 bits per heavy atom. The Morgan fingerprint density at radius 3 is 2.27 bits per heavy atom. The molecule has 136 valence electrons. The normalized spacial score (nSPS) is 11.0. The van der Waals surface area contributed by atoms with Crippen LogP contribution in [-0.2, 0) is 16.5 Å². The first-order valence-corrected chi connectivity index (χ1v) is 9.90. The van der Waals surface area contributed by atoms with Crippen LogP contribution in [0.3, 0.4) is 0 Å². The molecule has 0 saturated carbocycles. The third-order valence-corrected chi connectivity index (χ3v) is 4.84. The first-order chi connectivity index (χ1) is 11.9. The van der Waals surface area contributed by atoms with Gasteiger partial charge in [0.25, 0.3) is 10.1 Å².